The summed E-state index contributed by atoms with van der Waals surface area (Å²) < 4.78 is 0. The zero-order chi connectivity index (χ0) is 24.6. The van der Waals surface area contributed by atoms with Crippen LogP contribution >= 0.6 is 0 Å². The van der Waals surface area contributed by atoms with E-state index in [1.807, 2.05) is 0 Å². The minimum absolute atomic E-state index is 0. The molecule has 0 amide bonds. The van der Waals surface area contributed by atoms with Crippen molar-refractivity contribution in [3.8, 4) is 0 Å². The first-order valence-electron chi connectivity index (χ1n) is 10.4. The Labute approximate surface area is 215 Å². The zero-order valence-electron chi connectivity index (χ0n) is 18.8. The van der Waals surface area contributed by atoms with Crippen LogP contribution in [0.2, 0.25) is 0 Å². The molecule has 0 aliphatic carbocycles. The molecule has 0 radical (unpaired) electrons. The molecule has 35 heavy (non-hydrogen) atoms. The predicted octanol–water partition coefficient (Wildman–Crippen LogP) is 1.34. The fourth-order valence-corrected chi connectivity index (χ4v) is 3.52. The molecule has 0 aliphatic heterocycles. The molecule has 4 aromatic rings. The average molecular weight is 520 g/mol. The van der Waals surface area contributed by atoms with Crippen LogP contribution in [0, 0.1) is 0 Å². The summed E-state index contributed by atoms with van der Waals surface area (Å²) in [5.74, 6) is -3.06. The van der Waals surface area contributed by atoms with Gasteiger partial charge < -0.3 is 30.0 Å². The maximum atomic E-state index is 11.3. The van der Waals surface area contributed by atoms with Gasteiger partial charge in [0.15, 0.2) is 11.2 Å². The fraction of sp³-hybridized carbons (Fsp3) is 0.0714. The second kappa shape index (κ2) is 12.2. The monoisotopic (exact) mass is 518 g/mol. The van der Waals surface area contributed by atoms with E-state index in [0.717, 1.165) is 0 Å². The Morgan fingerprint density at radius 2 is 0.629 bits per heavy atom. The second-order valence-corrected chi connectivity index (χ2v) is 7.46. The van der Waals surface area contributed by atoms with Crippen molar-refractivity contribution in [3.05, 3.63) is 144 Å². The number of aliphatic carboxylic acids is 2. The van der Waals surface area contributed by atoms with Crippen molar-refractivity contribution < 1.29 is 49.5 Å². The first kappa shape index (κ1) is 27.6. The van der Waals surface area contributed by atoms with Gasteiger partial charge in [-0.2, -0.15) is 0 Å². The fourth-order valence-electron chi connectivity index (χ4n) is 3.52. The molecular weight excluding hydrogens is 498 g/mol. The van der Waals surface area contributed by atoms with E-state index in [2.05, 4.69) is 0 Å². The molecular formula is C28H22O6Zn. The molecule has 0 heterocycles. The van der Waals surface area contributed by atoms with E-state index in [1.165, 1.54) is 0 Å². The van der Waals surface area contributed by atoms with Crippen LogP contribution in [0.25, 0.3) is 0 Å². The number of benzene rings is 4. The average Bonchev–Trinajstić information content (AvgIpc) is 2.90. The van der Waals surface area contributed by atoms with E-state index < -0.39 is 23.1 Å². The molecule has 0 atom stereocenters. The van der Waals surface area contributed by atoms with Gasteiger partial charge in [0, 0.05) is 0 Å². The summed E-state index contributed by atoms with van der Waals surface area (Å²) in [5, 5.41) is 43.3. The predicted molar refractivity (Wildman–Crippen MR) is 122 cm³/mol. The molecule has 4 aromatic carbocycles. The van der Waals surface area contributed by atoms with Crippen LogP contribution in [0.4, 0.5) is 0 Å². The third-order valence-electron chi connectivity index (χ3n) is 5.36. The van der Waals surface area contributed by atoms with Crippen LogP contribution in [-0.4, -0.2) is 22.2 Å². The molecule has 0 fully saturated rings. The van der Waals surface area contributed by atoms with Crippen molar-refractivity contribution in [3.63, 3.8) is 0 Å². The number of carboxylic acids is 2. The summed E-state index contributed by atoms with van der Waals surface area (Å²) in [7, 11) is 0. The molecule has 0 bridgehead atoms. The van der Waals surface area contributed by atoms with Crippen molar-refractivity contribution in [2.75, 3.05) is 0 Å². The second-order valence-electron chi connectivity index (χ2n) is 7.46. The van der Waals surface area contributed by atoms with E-state index >= 15 is 0 Å². The number of carbonyl (C=O) groups is 2. The van der Waals surface area contributed by atoms with Crippen molar-refractivity contribution in [1.29, 1.82) is 0 Å². The SMILES string of the molecule is O=C([O-])C(O)(c1ccccc1)c1ccccc1.O=C([O-])C(O)(c1ccccc1)c1ccccc1.[Zn+2]. The maximum Gasteiger partial charge on any atom is 2.00 e. The largest absolute Gasteiger partial charge is 2.00 e. The van der Waals surface area contributed by atoms with Gasteiger partial charge in [-0.15, -0.1) is 0 Å². The number of hydrogen-bond donors (Lipinski definition) is 2. The first-order chi connectivity index (χ1) is 16.3. The summed E-state index contributed by atoms with van der Waals surface area (Å²) in [6, 6.07) is 32.9. The zero-order valence-corrected chi connectivity index (χ0v) is 21.7. The van der Waals surface area contributed by atoms with Crippen LogP contribution < -0.4 is 10.2 Å². The van der Waals surface area contributed by atoms with E-state index in [4.69, 9.17) is 0 Å². The van der Waals surface area contributed by atoms with Crippen LogP contribution in [0.15, 0.2) is 121 Å². The van der Waals surface area contributed by atoms with E-state index in [1.54, 1.807) is 121 Å². The van der Waals surface area contributed by atoms with Crippen LogP contribution in [0.3, 0.4) is 0 Å². The molecule has 172 valence electrons. The Morgan fingerprint density at radius 1 is 0.457 bits per heavy atom. The molecule has 7 heteroatoms. The van der Waals surface area contributed by atoms with Gasteiger partial charge in [0.05, 0.1) is 11.9 Å². The number of hydrogen-bond acceptors (Lipinski definition) is 6. The first-order valence-corrected chi connectivity index (χ1v) is 10.4. The van der Waals surface area contributed by atoms with E-state index in [0.29, 0.717) is 0 Å². The van der Waals surface area contributed by atoms with Gasteiger partial charge in [-0.25, -0.2) is 0 Å². The van der Waals surface area contributed by atoms with Crippen molar-refractivity contribution >= 4 is 11.9 Å². The maximum absolute atomic E-state index is 11.3. The van der Waals surface area contributed by atoms with Gasteiger partial charge in [0.25, 0.3) is 0 Å². The topological polar surface area (TPSA) is 121 Å². The molecule has 4 rings (SSSR count). The summed E-state index contributed by atoms with van der Waals surface area (Å²) in [4.78, 5) is 22.5. The minimum atomic E-state index is -2.11. The Balaban J connectivity index is 0.000000240. The van der Waals surface area contributed by atoms with E-state index in [9.17, 15) is 30.0 Å². The van der Waals surface area contributed by atoms with Gasteiger partial charge >= 0.3 is 19.5 Å². The summed E-state index contributed by atoms with van der Waals surface area (Å²) in [5.41, 5.74) is -3.08. The molecule has 0 spiro atoms. The van der Waals surface area contributed by atoms with Crippen molar-refractivity contribution in [2.45, 2.75) is 11.2 Å². The minimum Gasteiger partial charge on any atom is -0.546 e. The molecule has 2 N–H and O–H groups in total. The Hall–Kier alpha value is -3.64. The molecule has 0 saturated carbocycles. The van der Waals surface area contributed by atoms with Gasteiger partial charge in [0.2, 0.25) is 0 Å². The molecule has 0 saturated heterocycles. The van der Waals surface area contributed by atoms with Crippen molar-refractivity contribution in [1.82, 2.24) is 0 Å². The smallest absolute Gasteiger partial charge is 0.546 e. The third kappa shape index (κ3) is 5.90. The van der Waals surface area contributed by atoms with Gasteiger partial charge in [-0.3, -0.25) is 0 Å². The Kier molecular flexibility index (Phi) is 9.61. The Morgan fingerprint density at radius 3 is 0.771 bits per heavy atom. The number of rotatable bonds is 6. The summed E-state index contributed by atoms with van der Waals surface area (Å²) in [6.45, 7) is 0. The van der Waals surface area contributed by atoms with Crippen LogP contribution in [0.5, 0.6) is 0 Å². The molecule has 0 aliphatic rings. The summed E-state index contributed by atoms with van der Waals surface area (Å²) in [6.07, 6.45) is 0. The quantitative estimate of drug-likeness (QED) is 0.371. The normalized spacial score (nSPS) is 10.8. The van der Waals surface area contributed by atoms with Crippen LogP contribution in [0.1, 0.15) is 22.3 Å². The molecule has 0 aromatic heterocycles. The van der Waals surface area contributed by atoms with Gasteiger partial charge in [-0.05, 0) is 22.3 Å². The van der Waals surface area contributed by atoms with Crippen LogP contribution in [-0.2, 0) is 40.3 Å². The number of aliphatic hydroxyl groups is 2. The number of carbonyl (C=O) groups excluding carboxylic acids is 2. The Bertz CT molecular complexity index is 1040. The van der Waals surface area contributed by atoms with Gasteiger partial charge in [-0.1, -0.05) is 121 Å². The molecule has 0 unspecified atom stereocenters. The summed E-state index contributed by atoms with van der Waals surface area (Å²) >= 11 is 0. The molecule has 6 nitrogen and oxygen atoms in total. The standard InChI is InChI=1S/2C14H12O3.Zn/c2*15-13(16)14(17,11-7-3-1-4-8-11)12-9-5-2-6-10-12;/h2*1-10,17H,(H,15,16);/q;;+2/p-2. The van der Waals surface area contributed by atoms with E-state index in [-0.39, 0.29) is 41.7 Å². The number of carboxylic acid groups (broad SMARTS) is 2. The third-order valence-corrected chi connectivity index (χ3v) is 5.36. The van der Waals surface area contributed by atoms with Crippen molar-refractivity contribution in [2.24, 2.45) is 0 Å². The van der Waals surface area contributed by atoms with Gasteiger partial charge in [0.1, 0.15) is 0 Å².